The van der Waals surface area contributed by atoms with E-state index in [1.165, 1.54) is 0 Å². The Morgan fingerprint density at radius 3 is 2.57 bits per heavy atom. The number of rotatable bonds is 1. The largest absolute Gasteiger partial charge is 0.399 e. The van der Waals surface area contributed by atoms with E-state index in [0.717, 1.165) is 19.5 Å². The van der Waals surface area contributed by atoms with Crippen LogP contribution >= 0.6 is 11.6 Å². The van der Waals surface area contributed by atoms with E-state index < -0.39 is 0 Å². The van der Waals surface area contributed by atoms with Crippen molar-refractivity contribution in [2.45, 2.75) is 6.42 Å². The predicted octanol–water partition coefficient (Wildman–Crippen LogP) is 1.77. The summed E-state index contributed by atoms with van der Waals surface area (Å²) in [5, 5.41) is 0.508. The van der Waals surface area contributed by atoms with Gasteiger partial charge in [0.2, 0.25) is 0 Å². The number of nitrogens with zero attached hydrogens (tertiary/aromatic N) is 1. The molecule has 4 heteroatoms. The molecule has 0 spiro atoms. The molecule has 0 aliphatic carbocycles. The zero-order valence-electron chi connectivity index (χ0n) is 7.66. The van der Waals surface area contributed by atoms with Crippen LogP contribution in [0, 0.1) is 0 Å². The maximum atomic E-state index is 11.7. The predicted molar refractivity (Wildman–Crippen MR) is 56.4 cm³/mol. The number of hydrogen-bond donors (Lipinski definition) is 1. The average Bonchev–Trinajstić information content (AvgIpc) is 1.98. The molecular weight excluding hydrogens is 200 g/mol. The Morgan fingerprint density at radius 2 is 2.07 bits per heavy atom. The van der Waals surface area contributed by atoms with Gasteiger partial charge >= 0.3 is 0 Å². The number of likely N-dealkylation sites (tertiary alicyclic amines) is 1. The van der Waals surface area contributed by atoms with E-state index in [1.54, 1.807) is 23.1 Å². The highest BCUT2D eigenvalue weighted by Crippen LogP contribution is 2.19. The quantitative estimate of drug-likeness (QED) is 0.719. The molecule has 1 aromatic rings. The van der Waals surface area contributed by atoms with E-state index in [0.29, 0.717) is 16.3 Å². The number of hydrogen-bond acceptors (Lipinski definition) is 2. The summed E-state index contributed by atoms with van der Waals surface area (Å²) >= 11 is 5.81. The fraction of sp³-hybridized carbons (Fsp3) is 0.300. The minimum atomic E-state index is 0.0189. The van der Waals surface area contributed by atoms with E-state index in [4.69, 9.17) is 17.3 Å². The molecule has 1 fully saturated rings. The van der Waals surface area contributed by atoms with Crippen LogP contribution in [-0.2, 0) is 0 Å². The van der Waals surface area contributed by atoms with Crippen molar-refractivity contribution in [1.82, 2.24) is 4.90 Å². The van der Waals surface area contributed by atoms with Crippen molar-refractivity contribution in [3.05, 3.63) is 28.8 Å². The molecule has 2 rings (SSSR count). The fourth-order valence-corrected chi connectivity index (χ4v) is 1.68. The van der Waals surface area contributed by atoms with Crippen molar-refractivity contribution >= 4 is 23.2 Å². The number of benzene rings is 1. The van der Waals surface area contributed by atoms with Crippen LogP contribution in [0.25, 0.3) is 0 Å². The van der Waals surface area contributed by atoms with Crippen molar-refractivity contribution in [1.29, 1.82) is 0 Å². The van der Waals surface area contributed by atoms with Gasteiger partial charge in [0.15, 0.2) is 0 Å². The van der Waals surface area contributed by atoms with Gasteiger partial charge in [-0.2, -0.15) is 0 Å². The standard InChI is InChI=1S/C10H11ClN2O/c11-8-4-7(5-9(12)6-8)10(14)13-2-1-3-13/h4-6H,1-3,12H2. The van der Waals surface area contributed by atoms with Crippen molar-refractivity contribution in [3.63, 3.8) is 0 Å². The summed E-state index contributed by atoms with van der Waals surface area (Å²) in [6, 6.07) is 4.94. The maximum absolute atomic E-state index is 11.7. The molecule has 2 N–H and O–H groups in total. The molecule has 0 atom stereocenters. The second-order valence-corrected chi connectivity index (χ2v) is 3.86. The lowest BCUT2D eigenvalue weighted by Crippen LogP contribution is -2.42. The first kappa shape index (κ1) is 9.34. The monoisotopic (exact) mass is 210 g/mol. The lowest BCUT2D eigenvalue weighted by molar-refractivity contribution is 0.0652. The Bertz CT molecular complexity index is 354. The highest BCUT2D eigenvalue weighted by Gasteiger charge is 2.21. The third-order valence-electron chi connectivity index (χ3n) is 2.31. The molecule has 0 unspecified atom stereocenters. The van der Waals surface area contributed by atoms with Crippen molar-refractivity contribution in [2.24, 2.45) is 0 Å². The molecule has 1 aromatic carbocycles. The van der Waals surface area contributed by atoms with Gasteiger partial charge in [0.25, 0.3) is 5.91 Å². The van der Waals surface area contributed by atoms with Gasteiger partial charge in [0, 0.05) is 29.4 Å². The first-order valence-corrected chi connectivity index (χ1v) is 4.90. The van der Waals surface area contributed by atoms with Gasteiger partial charge in [-0.25, -0.2) is 0 Å². The van der Waals surface area contributed by atoms with Crippen molar-refractivity contribution < 1.29 is 4.79 Å². The van der Waals surface area contributed by atoms with Gasteiger partial charge in [-0.1, -0.05) is 11.6 Å². The minimum absolute atomic E-state index is 0.0189. The number of amides is 1. The molecule has 0 radical (unpaired) electrons. The summed E-state index contributed by atoms with van der Waals surface area (Å²) in [4.78, 5) is 13.5. The summed E-state index contributed by atoms with van der Waals surface area (Å²) in [6.07, 6.45) is 1.09. The van der Waals surface area contributed by atoms with Crippen LogP contribution in [0.1, 0.15) is 16.8 Å². The number of nitrogen functional groups attached to an aromatic ring is 1. The molecule has 1 heterocycles. The van der Waals surface area contributed by atoms with Crippen LogP contribution in [0.2, 0.25) is 5.02 Å². The van der Waals surface area contributed by atoms with Crippen LogP contribution in [0.3, 0.4) is 0 Å². The SMILES string of the molecule is Nc1cc(Cl)cc(C(=O)N2CCC2)c1. The average molecular weight is 211 g/mol. The first-order chi connectivity index (χ1) is 6.66. The number of carbonyl (C=O) groups excluding carboxylic acids is 1. The molecule has 0 saturated carbocycles. The van der Waals surface area contributed by atoms with Crippen LogP contribution in [0.5, 0.6) is 0 Å². The smallest absolute Gasteiger partial charge is 0.253 e. The number of anilines is 1. The third kappa shape index (κ3) is 1.68. The van der Waals surface area contributed by atoms with Gasteiger partial charge in [-0.05, 0) is 24.6 Å². The number of nitrogens with two attached hydrogens (primary N) is 1. The topological polar surface area (TPSA) is 46.3 Å². The van der Waals surface area contributed by atoms with Crippen molar-refractivity contribution in [2.75, 3.05) is 18.8 Å². The van der Waals surface area contributed by atoms with Gasteiger partial charge < -0.3 is 10.6 Å². The minimum Gasteiger partial charge on any atom is -0.399 e. The van der Waals surface area contributed by atoms with Gasteiger partial charge in [-0.15, -0.1) is 0 Å². The molecule has 0 aromatic heterocycles. The van der Waals surface area contributed by atoms with Crippen molar-refractivity contribution in [3.8, 4) is 0 Å². The van der Waals surface area contributed by atoms with Crippen LogP contribution in [0.4, 0.5) is 5.69 Å². The summed E-state index contributed by atoms with van der Waals surface area (Å²) in [5.74, 6) is 0.0189. The summed E-state index contributed by atoms with van der Waals surface area (Å²) in [5.41, 5.74) is 6.71. The molecule has 1 aliphatic heterocycles. The first-order valence-electron chi connectivity index (χ1n) is 4.52. The zero-order chi connectivity index (χ0) is 10.1. The molecule has 1 aliphatic rings. The zero-order valence-corrected chi connectivity index (χ0v) is 8.42. The Morgan fingerprint density at radius 1 is 1.36 bits per heavy atom. The van der Waals surface area contributed by atoms with E-state index in [9.17, 15) is 4.79 Å². The van der Waals surface area contributed by atoms with Crippen LogP contribution in [0.15, 0.2) is 18.2 Å². The van der Waals surface area contributed by atoms with E-state index in [-0.39, 0.29) is 5.91 Å². The highest BCUT2D eigenvalue weighted by molar-refractivity contribution is 6.31. The second-order valence-electron chi connectivity index (χ2n) is 3.42. The molecule has 14 heavy (non-hydrogen) atoms. The molecule has 1 saturated heterocycles. The lowest BCUT2D eigenvalue weighted by atomic mass is 10.1. The van der Waals surface area contributed by atoms with Gasteiger partial charge in [0.1, 0.15) is 0 Å². The van der Waals surface area contributed by atoms with Crippen LogP contribution in [-0.4, -0.2) is 23.9 Å². The Labute approximate surface area is 87.4 Å². The summed E-state index contributed by atoms with van der Waals surface area (Å²) in [6.45, 7) is 1.68. The number of carbonyl (C=O) groups is 1. The van der Waals surface area contributed by atoms with Gasteiger partial charge in [-0.3, -0.25) is 4.79 Å². The Balaban J connectivity index is 2.26. The molecule has 1 amide bonds. The summed E-state index contributed by atoms with van der Waals surface area (Å²) < 4.78 is 0. The fourth-order valence-electron chi connectivity index (χ4n) is 1.44. The maximum Gasteiger partial charge on any atom is 0.253 e. The van der Waals surface area contributed by atoms with Gasteiger partial charge in [0.05, 0.1) is 0 Å². The molecular formula is C10H11ClN2O. The normalized spacial score (nSPS) is 15.1. The van der Waals surface area contributed by atoms with E-state index in [1.807, 2.05) is 0 Å². The molecule has 74 valence electrons. The second kappa shape index (κ2) is 3.50. The van der Waals surface area contributed by atoms with Crippen LogP contribution < -0.4 is 5.73 Å². The number of halogens is 1. The highest BCUT2D eigenvalue weighted by atomic mass is 35.5. The van der Waals surface area contributed by atoms with E-state index in [2.05, 4.69) is 0 Å². The Kier molecular flexibility index (Phi) is 2.33. The summed E-state index contributed by atoms with van der Waals surface area (Å²) in [7, 11) is 0. The Hall–Kier alpha value is -1.22. The lowest BCUT2D eigenvalue weighted by Gasteiger charge is -2.31. The molecule has 0 bridgehead atoms. The third-order valence-corrected chi connectivity index (χ3v) is 2.53. The molecule has 3 nitrogen and oxygen atoms in total. The van der Waals surface area contributed by atoms with E-state index >= 15 is 0 Å².